The molecule has 2 heterocycles. The van der Waals surface area contributed by atoms with Gasteiger partial charge in [0, 0.05) is 11.3 Å². The molecule has 7 nitrogen and oxygen atoms in total. The van der Waals surface area contributed by atoms with Crippen molar-refractivity contribution in [3.8, 4) is 11.4 Å². The summed E-state index contributed by atoms with van der Waals surface area (Å²) in [6, 6.07) is 9.61. The summed E-state index contributed by atoms with van der Waals surface area (Å²) >= 11 is 0. The lowest BCUT2D eigenvalue weighted by molar-refractivity contribution is -0.131. The van der Waals surface area contributed by atoms with Crippen LogP contribution in [-0.2, 0) is 17.9 Å². The number of carbonyl (C=O) groups is 1. The summed E-state index contributed by atoms with van der Waals surface area (Å²) in [6.45, 7) is 0.309. The standard InChI is InChI=1S/C20H20FN5O2/c21-16-7-4-6-15(12-16)20-22-24-26(23-20)14-19(27)25(13-18-10-5-11-28-18)17-8-2-1-3-9-17/h4-8,10-12H,1-3,9,13-14H2. The minimum absolute atomic E-state index is 0.0552. The largest absolute Gasteiger partial charge is 0.467 e. The Bertz CT molecular complexity index is 980. The van der Waals surface area contributed by atoms with Gasteiger partial charge >= 0.3 is 0 Å². The van der Waals surface area contributed by atoms with E-state index in [2.05, 4.69) is 21.5 Å². The van der Waals surface area contributed by atoms with Crippen molar-refractivity contribution in [2.45, 2.75) is 38.8 Å². The van der Waals surface area contributed by atoms with E-state index in [-0.39, 0.29) is 24.1 Å². The Hall–Kier alpha value is -3.29. The number of hydrogen-bond acceptors (Lipinski definition) is 5. The summed E-state index contributed by atoms with van der Waals surface area (Å²) in [6.07, 6.45) is 7.70. The van der Waals surface area contributed by atoms with Crippen LogP contribution in [0.5, 0.6) is 0 Å². The zero-order chi connectivity index (χ0) is 19.3. The molecular weight excluding hydrogens is 361 g/mol. The molecule has 0 N–H and O–H groups in total. The molecule has 2 aromatic heterocycles. The van der Waals surface area contributed by atoms with E-state index in [9.17, 15) is 9.18 Å². The molecule has 1 aromatic carbocycles. The molecule has 1 aliphatic carbocycles. The van der Waals surface area contributed by atoms with E-state index in [4.69, 9.17) is 4.42 Å². The van der Waals surface area contributed by atoms with Crippen LogP contribution in [0.25, 0.3) is 11.4 Å². The van der Waals surface area contributed by atoms with Gasteiger partial charge in [-0.15, -0.1) is 10.2 Å². The van der Waals surface area contributed by atoms with Gasteiger partial charge in [-0.2, -0.15) is 4.80 Å². The Morgan fingerprint density at radius 3 is 2.93 bits per heavy atom. The number of aromatic nitrogens is 4. The third kappa shape index (κ3) is 4.16. The first-order chi connectivity index (χ1) is 13.7. The molecule has 1 amide bonds. The van der Waals surface area contributed by atoms with Gasteiger partial charge in [-0.1, -0.05) is 18.2 Å². The number of tetrazole rings is 1. The average molecular weight is 381 g/mol. The van der Waals surface area contributed by atoms with Crippen LogP contribution in [-0.4, -0.2) is 31.0 Å². The highest BCUT2D eigenvalue weighted by Gasteiger charge is 2.22. The smallest absolute Gasteiger partial charge is 0.250 e. The molecule has 1 aliphatic rings. The van der Waals surface area contributed by atoms with E-state index in [0.29, 0.717) is 17.9 Å². The molecule has 0 fully saturated rings. The van der Waals surface area contributed by atoms with Gasteiger partial charge in [0.05, 0.1) is 12.8 Å². The molecule has 0 saturated heterocycles. The summed E-state index contributed by atoms with van der Waals surface area (Å²) in [5.74, 6) is 0.472. The molecule has 0 bridgehead atoms. The highest BCUT2D eigenvalue weighted by Crippen LogP contribution is 2.23. The topological polar surface area (TPSA) is 77.1 Å². The van der Waals surface area contributed by atoms with Gasteiger partial charge in [0.2, 0.25) is 5.82 Å². The monoisotopic (exact) mass is 381 g/mol. The van der Waals surface area contributed by atoms with Gasteiger partial charge < -0.3 is 9.32 Å². The Morgan fingerprint density at radius 2 is 2.18 bits per heavy atom. The lowest BCUT2D eigenvalue weighted by Crippen LogP contribution is -2.34. The fraction of sp³-hybridized carbons (Fsp3) is 0.300. The normalized spacial score (nSPS) is 14.0. The van der Waals surface area contributed by atoms with Crippen LogP contribution in [0.4, 0.5) is 4.39 Å². The molecule has 0 atom stereocenters. The Labute approximate surface area is 161 Å². The summed E-state index contributed by atoms with van der Waals surface area (Å²) in [5, 5.41) is 12.1. The summed E-state index contributed by atoms with van der Waals surface area (Å²) in [7, 11) is 0. The Balaban J connectivity index is 1.52. The van der Waals surface area contributed by atoms with Crippen LogP contribution in [0.2, 0.25) is 0 Å². The maximum atomic E-state index is 13.4. The Kier molecular flexibility index (Phi) is 5.27. The molecule has 28 heavy (non-hydrogen) atoms. The molecule has 3 aromatic rings. The number of amides is 1. The molecule has 4 rings (SSSR count). The number of hydrogen-bond donors (Lipinski definition) is 0. The maximum absolute atomic E-state index is 13.4. The second-order valence-corrected chi connectivity index (χ2v) is 6.65. The van der Waals surface area contributed by atoms with Crippen molar-refractivity contribution >= 4 is 5.91 Å². The molecule has 144 valence electrons. The van der Waals surface area contributed by atoms with Crippen molar-refractivity contribution in [1.82, 2.24) is 25.1 Å². The zero-order valence-corrected chi connectivity index (χ0v) is 15.3. The highest BCUT2D eigenvalue weighted by atomic mass is 19.1. The zero-order valence-electron chi connectivity index (χ0n) is 15.3. The van der Waals surface area contributed by atoms with Crippen LogP contribution in [0.1, 0.15) is 31.4 Å². The first-order valence-corrected chi connectivity index (χ1v) is 9.24. The average Bonchev–Trinajstić information content (AvgIpc) is 3.39. The van der Waals surface area contributed by atoms with Crippen molar-refractivity contribution in [3.63, 3.8) is 0 Å². The van der Waals surface area contributed by atoms with Gasteiger partial charge in [-0.3, -0.25) is 4.79 Å². The van der Waals surface area contributed by atoms with Crippen molar-refractivity contribution in [3.05, 3.63) is 66.0 Å². The van der Waals surface area contributed by atoms with Gasteiger partial charge in [0.25, 0.3) is 5.91 Å². The van der Waals surface area contributed by atoms with Crippen LogP contribution >= 0.6 is 0 Å². The van der Waals surface area contributed by atoms with Crippen LogP contribution in [0.3, 0.4) is 0 Å². The van der Waals surface area contributed by atoms with Gasteiger partial charge in [0.1, 0.15) is 18.1 Å². The lowest BCUT2D eigenvalue weighted by atomic mass is 10.0. The summed E-state index contributed by atoms with van der Waals surface area (Å²) < 4.78 is 18.8. The maximum Gasteiger partial charge on any atom is 0.250 e. The van der Waals surface area contributed by atoms with E-state index >= 15 is 0 Å². The number of nitrogens with zero attached hydrogens (tertiary/aromatic N) is 5. The van der Waals surface area contributed by atoms with E-state index < -0.39 is 0 Å². The quantitative estimate of drug-likeness (QED) is 0.652. The third-order valence-corrected chi connectivity index (χ3v) is 4.62. The van der Waals surface area contributed by atoms with Crippen molar-refractivity contribution in [2.24, 2.45) is 0 Å². The predicted octanol–water partition coefficient (Wildman–Crippen LogP) is 3.56. The van der Waals surface area contributed by atoms with Crippen LogP contribution < -0.4 is 0 Å². The van der Waals surface area contributed by atoms with Crippen molar-refractivity contribution in [1.29, 1.82) is 0 Å². The third-order valence-electron chi connectivity index (χ3n) is 4.62. The predicted molar refractivity (Wildman–Crippen MR) is 99.0 cm³/mol. The van der Waals surface area contributed by atoms with Gasteiger partial charge in [-0.05, 0) is 55.2 Å². The van der Waals surface area contributed by atoms with Crippen molar-refractivity contribution < 1.29 is 13.6 Å². The molecule has 0 unspecified atom stereocenters. The SMILES string of the molecule is O=C(Cn1nnc(-c2cccc(F)c2)n1)N(Cc1ccco1)C1=CCCCC1. The van der Waals surface area contributed by atoms with E-state index in [1.807, 2.05) is 6.07 Å². The highest BCUT2D eigenvalue weighted by molar-refractivity contribution is 5.77. The van der Waals surface area contributed by atoms with Gasteiger partial charge in [0.15, 0.2) is 0 Å². The molecule has 8 heteroatoms. The van der Waals surface area contributed by atoms with Crippen LogP contribution in [0.15, 0.2) is 58.9 Å². The minimum Gasteiger partial charge on any atom is -0.467 e. The van der Waals surface area contributed by atoms with E-state index in [1.165, 1.54) is 16.9 Å². The number of carbonyl (C=O) groups excluding carboxylic acids is 1. The number of halogens is 1. The number of rotatable bonds is 6. The molecule has 0 spiro atoms. The van der Waals surface area contributed by atoms with Crippen molar-refractivity contribution in [2.75, 3.05) is 0 Å². The Morgan fingerprint density at radius 1 is 1.25 bits per heavy atom. The number of furan rings is 1. The minimum atomic E-state index is -0.376. The number of benzene rings is 1. The summed E-state index contributed by atoms with van der Waals surface area (Å²) in [5.41, 5.74) is 1.51. The first-order valence-electron chi connectivity index (χ1n) is 9.24. The molecule has 0 saturated carbocycles. The van der Waals surface area contributed by atoms with Crippen LogP contribution in [0, 0.1) is 5.82 Å². The second kappa shape index (κ2) is 8.16. The van der Waals surface area contributed by atoms with Gasteiger partial charge in [-0.25, -0.2) is 4.39 Å². The molecule has 0 radical (unpaired) electrons. The molecular formula is C20H20FN5O2. The molecule has 0 aliphatic heterocycles. The lowest BCUT2D eigenvalue weighted by Gasteiger charge is -2.26. The van der Waals surface area contributed by atoms with E-state index in [1.54, 1.807) is 29.4 Å². The first kappa shape index (κ1) is 18.1. The fourth-order valence-electron chi connectivity index (χ4n) is 3.23. The number of allylic oxidation sites excluding steroid dienone is 2. The second-order valence-electron chi connectivity index (χ2n) is 6.65. The van der Waals surface area contributed by atoms with E-state index in [0.717, 1.165) is 31.4 Å². The fourth-order valence-corrected chi connectivity index (χ4v) is 3.23. The summed E-state index contributed by atoms with van der Waals surface area (Å²) in [4.78, 5) is 16.0.